The van der Waals surface area contributed by atoms with Gasteiger partial charge in [-0.25, -0.2) is 0 Å². The quantitative estimate of drug-likeness (QED) is 0.332. The van der Waals surface area contributed by atoms with Crippen LogP contribution in [0.5, 0.6) is 0 Å². The van der Waals surface area contributed by atoms with Gasteiger partial charge in [-0.05, 0) is 66.5 Å². The second kappa shape index (κ2) is 6.05. The largest absolute Gasteiger partial charge is 0.488 e. The molecule has 0 bridgehead atoms. The van der Waals surface area contributed by atoms with Gasteiger partial charge in [0.25, 0.3) is 0 Å². The van der Waals surface area contributed by atoms with Crippen molar-refractivity contribution >= 4 is 34.1 Å². The molecular formula is C26H17BO2. The molecule has 5 aromatic rings. The SMILES string of the molecule is OB(O)c1ccc(-c2ccc3c4c(c5ccccc5cc24)-c2ccccc2-3)cc1. The Morgan fingerprint density at radius 2 is 1.24 bits per heavy atom. The zero-order valence-corrected chi connectivity index (χ0v) is 15.6. The number of rotatable bonds is 2. The standard InChI is InChI=1S/C26H17BO2/c28-27(29)18-11-9-16(10-12-18)19-13-14-23-21-7-3-4-8-22(21)25-20-6-2-1-5-17(20)15-24(19)26(23)25/h1-15,28-29H. The van der Waals surface area contributed by atoms with Crippen LogP contribution in [-0.2, 0) is 0 Å². The van der Waals surface area contributed by atoms with Gasteiger partial charge in [0, 0.05) is 0 Å². The number of hydrogen-bond acceptors (Lipinski definition) is 2. The van der Waals surface area contributed by atoms with Gasteiger partial charge in [-0.2, -0.15) is 0 Å². The second-order valence-corrected chi connectivity index (χ2v) is 7.60. The van der Waals surface area contributed by atoms with Crippen molar-refractivity contribution in [1.82, 2.24) is 0 Å². The molecule has 0 saturated carbocycles. The molecular weight excluding hydrogens is 355 g/mol. The molecule has 0 aliphatic heterocycles. The van der Waals surface area contributed by atoms with E-state index < -0.39 is 7.12 Å². The maximum atomic E-state index is 9.41. The molecule has 0 saturated heterocycles. The molecule has 6 rings (SSSR count). The highest BCUT2D eigenvalue weighted by Gasteiger charge is 2.24. The molecule has 0 fully saturated rings. The molecule has 0 atom stereocenters. The molecule has 0 aromatic heterocycles. The van der Waals surface area contributed by atoms with E-state index in [4.69, 9.17) is 0 Å². The van der Waals surface area contributed by atoms with E-state index in [1.54, 1.807) is 12.1 Å². The minimum absolute atomic E-state index is 0.498. The number of hydrogen-bond donors (Lipinski definition) is 2. The minimum atomic E-state index is -1.45. The van der Waals surface area contributed by atoms with Gasteiger partial charge in [0.05, 0.1) is 0 Å². The Kier molecular flexibility index (Phi) is 3.45. The average Bonchev–Trinajstić information content (AvgIpc) is 3.10. The fourth-order valence-corrected chi connectivity index (χ4v) is 4.71. The molecule has 1 aliphatic carbocycles. The van der Waals surface area contributed by atoms with E-state index >= 15 is 0 Å². The summed E-state index contributed by atoms with van der Waals surface area (Å²) in [5.74, 6) is 0. The lowest BCUT2D eigenvalue weighted by Crippen LogP contribution is -2.29. The van der Waals surface area contributed by atoms with Crippen molar-refractivity contribution in [3.63, 3.8) is 0 Å². The summed E-state index contributed by atoms with van der Waals surface area (Å²) in [7, 11) is -1.45. The predicted molar refractivity (Wildman–Crippen MR) is 121 cm³/mol. The van der Waals surface area contributed by atoms with Crippen LogP contribution in [0.3, 0.4) is 0 Å². The van der Waals surface area contributed by atoms with E-state index in [2.05, 4.69) is 66.7 Å². The molecule has 5 aromatic carbocycles. The Labute approximate surface area is 168 Å². The smallest absolute Gasteiger partial charge is 0.423 e. The lowest BCUT2D eigenvalue weighted by molar-refractivity contribution is 0.426. The summed E-state index contributed by atoms with van der Waals surface area (Å²) < 4.78 is 0. The summed E-state index contributed by atoms with van der Waals surface area (Å²) in [5.41, 5.74) is 7.89. The van der Waals surface area contributed by atoms with Gasteiger partial charge in [-0.15, -0.1) is 0 Å². The Hall–Kier alpha value is -3.40. The van der Waals surface area contributed by atoms with E-state index in [1.807, 2.05) is 12.1 Å². The van der Waals surface area contributed by atoms with Crippen molar-refractivity contribution in [2.75, 3.05) is 0 Å². The second-order valence-electron chi connectivity index (χ2n) is 7.60. The van der Waals surface area contributed by atoms with Crippen LogP contribution in [0.15, 0.2) is 91.0 Å². The topological polar surface area (TPSA) is 40.5 Å². The molecule has 0 spiro atoms. The van der Waals surface area contributed by atoms with Crippen LogP contribution in [0.25, 0.3) is 54.9 Å². The van der Waals surface area contributed by atoms with Gasteiger partial charge in [0.1, 0.15) is 0 Å². The third kappa shape index (κ3) is 2.32. The normalized spacial score (nSPS) is 11.8. The van der Waals surface area contributed by atoms with Gasteiger partial charge in [0.2, 0.25) is 0 Å². The monoisotopic (exact) mass is 372 g/mol. The summed E-state index contributed by atoms with van der Waals surface area (Å²) in [5, 5.41) is 23.9. The molecule has 0 heterocycles. The van der Waals surface area contributed by atoms with Crippen molar-refractivity contribution in [3.8, 4) is 33.4 Å². The van der Waals surface area contributed by atoms with Gasteiger partial charge in [-0.3, -0.25) is 0 Å². The lowest BCUT2D eigenvalue weighted by Gasteiger charge is -2.13. The highest BCUT2D eigenvalue weighted by Crippen LogP contribution is 2.52. The first-order chi connectivity index (χ1) is 14.2. The van der Waals surface area contributed by atoms with Crippen molar-refractivity contribution in [2.24, 2.45) is 0 Å². The van der Waals surface area contributed by atoms with Crippen LogP contribution in [0.1, 0.15) is 0 Å². The van der Waals surface area contributed by atoms with Crippen LogP contribution < -0.4 is 5.46 Å². The molecule has 3 heteroatoms. The Morgan fingerprint density at radius 1 is 0.552 bits per heavy atom. The Morgan fingerprint density at radius 3 is 2.03 bits per heavy atom. The molecule has 136 valence electrons. The molecule has 0 radical (unpaired) electrons. The van der Waals surface area contributed by atoms with Crippen LogP contribution in [0.2, 0.25) is 0 Å². The summed E-state index contributed by atoms with van der Waals surface area (Å²) in [6.07, 6.45) is 0. The maximum absolute atomic E-state index is 9.41. The molecule has 0 unspecified atom stereocenters. The molecule has 2 nitrogen and oxygen atoms in total. The van der Waals surface area contributed by atoms with Gasteiger partial charge in [-0.1, -0.05) is 84.9 Å². The fraction of sp³-hybridized carbons (Fsp3) is 0. The van der Waals surface area contributed by atoms with Crippen LogP contribution in [0.4, 0.5) is 0 Å². The average molecular weight is 372 g/mol. The first kappa shape index (κ1) is 16.5. The van der Waals surface area contributed by atoms with Crippen LogP contribution >= 0.6 is 0 Å². The number of fused-ring (bicyclic) bond motifs is 5. The molecule has 0 amide bonds. The lowest BCUT2D eigenvalue weighted by atomic mass is 9.79. The molecule has 2 N–H and O–H groups in total. The summed E-state index contributed by atoms with van der Waals surface area (Å²) in [6, 6.07) is 31.4. The Bertz CT molecular complexity index is 1420. The highest BCUT2D eigenvalue weighted by molar-refractivity contribution is 6.58. The van der Waals surface area contributed by atoms with E-state index in [1.165, 1.54) is 43.8 Å². The van der Waals surface area contributed by atoms with Crippen molar-refractivity contribution in [1.29, 1.82) is 0 Å². The first-order valence-corrected chi connectivity index (χ1v) is 9.77. The van der Waals surface area contributed by atoms with Crippen molar-refractivity contribution < 1.29 is 10.0 Å². The summed E-state index contributed by atoms with van der Waals surface area (Å²) >= 11 is 0. The third-order valence-corrected chi connectivity index (χ3v) is 6.03. The summed E-state index contributed by atoms with van der Waals surface area (Å²) in [4.78, 5) is 0. The third-order valence-electron chi connectivity index (χ3n) is 6.03. The van der Waals surface area contributed by atoms with Gasteiger partial charge >= 0.3 is 7.12 Å². The van der Waals surface area contributed by atoms with Crippen LogP contribution in [0, 0.1) is 0 Å². The van der Waals surface area contributed by atoms with Crippen molar-refractivity contribution in [2.45, 2.75) is 0 Å². The van der Waals surface area contributed by atoms with E-state index in [-0.39, 0.29) is 0 Å². The minimum Gasteiger partial charge on any atom is -0.423 e. The zero-order chi connectivity index (χ0) is 19.5. The molecule has 29 heavy (non-hydrogen) atoms. The first-order valence-electron chi connectivity index (χ1n) is 9.77. The molecule has 1 aliphatic rings. The zero-order valence-electron chi connectivity index (χ0n) is 15.6. The maximum Gasteiger partial charge on any atom is 0.488 e. The summed E-state index contributed by atoms with van der Waals surface area (Å²) in [6.45, 7) is 0. The predicted octanol–water partition coefficient (Wildman–Crippen LogP) is 4.99. The fourth-order valence-electron chi connectivity index (χ4n) is 4.71. The van der Waals surface area contributed by atoms with Gasteiger partial charge < -0.3 is 10.0 Å². The van der Waals surface area contributed by atoms with Crippen molar-refractivity contribution in [3.05, 3.63) is 91.0 Å². The van der Waals surface area contributed by atoms with E-state index in [0.717, 1.165) is 11.1 Å². The Balaban J connectivity index is 1.73. The van der Waals surface area contributed by atoms with E-state index in [0.29, 0.717) is 5.46 Å². The number of benzene rings is 5. The highest BCUT2D eigenvalue weighted by atomic mass is 16.4. The van der Waals surface area contributed by atoms with E-state index in [9.17, 15) is 10.0 Å². The van der Waals surface area contributed by atoms with Gasteiger partial charge in [0.15, 0.2) is 0 Å². The van der Waals surface area contributed by atoms with Crippen LogP contribution in [-0.4, -0.2) is 17.2 Å².